The van der Waals surface area contributed by atoms with Crippen LogP contribution in [0.4, 0.5) is 0 Å². The van der Waals surface area contributed by atoms with Gasteiger partial charge in [-0.15, -0.1) is 0 Å². The lowest BCUT2D eigenvalue weighted by atomic mass is 10.1. The lowest BCUT2D eigenvalue weighted by Gasteiger charge is -2.34. The van der Waals surface area contributed by atoms with Crippen LogP contribution in [0.25, 0.3) is 0 Å². The van der Waals surface area contributed by atoms with Crippen molar-refractivity contribution < 1.29 is 13.2 Å². The second-order valence-electron chi connectivity index (χ2n) is 9.35. The van der Waals surface area contributed by atoms with E-state index in [1.54, 1.807) is 16.4 Å². The first-order chi connectivity index (χ1) is 15.9. The van der Waals surface area contributed by atoms with Crippen molar-refractivity contribution in [3.05, 3.63) is 65.2 Å². The van der Waals surface area contributed by atoms with E-state index in [1.165, 1.54) is 25.7 Å². The Hall–Kier alpha value is -2.22. The third kappa shape index (κ3) is 6.22. The molecule has 1 heterocycles. The molecule has 1 aliphatic carbocycles. The van der Waals surface area contributed by atoms with Crippen LogP contribution in [-0.2, 0) is 16.6 Å². The molecule has 178 valence electrons. The fourth-order valence-corrected chi connectivity index (χ4v) is 6.12. The minimum atomic E-state index is -3.44. The molecule has 1 aliphatic heterocycles. The number of hydrogen-bond donors (Lipinski definition) is 1. The minimum Gasteiger partial charge on any atom is -0.349 e. The van der Waals surface area contributed by atoms with Gasteiger partial charge in [-0.25, -0.2) is 8.42 Å². The zero-order valence-electron chi connectivity index (χ0n) is 19.5. The Kier molecular flexibility index (Phi) is 7.83. The third-order valence-corrected chi connectivity index (χ3v) is 8.72. The van der Waals surface area contributed by atoms with Gasteiger partial charge in [-0.2, -0.15) is 4.31 Å². The number of nitrogens with one attached hydrogen (secondary N) is 1. The van der Waals surface area contributed by atoms with E-state index in [4.69, 9.17) is 0 Å². The van der Waals surface area contributed by atoms with E-state index >= 15 is 0 Å². The highest BCUT2D eigenvalue weighted by Gasteiger charge is 2.28. The maximum Gasteiger partial charge on any atom is 0.251 e. The summed E-state index contributed by atoms with van der Waals surface area (Å²) >= 11 is 0. The standard InChI is InChI=1S/C26H35N3O3S/c1-21-8-14-25(15-9-21)33(31,32)29-18-16-28(17-19-29)20-22-10-12-23(13-11-22)26(30)27-24-6-4-2-3-5-7-24/h8-15,24H,2-7,16-20H2,1H3,(H,27,30). The van der Waals surface area contributed by atoms with Gasteiger partial charge in [-0.3, -0.25) is 9.69 Å². The number of carbonyl (C=O) groups excluding carboxylic acids is 1. The lowest BCUT2D eigenvalue weighted by Crippen LogP contribution is -2.48. The molecule has 0 aromatic heterocycles. The summed E-state index contributed by atoms with van der Waals surface area (Å²) in [6.45, 7) is 5.05. The molecular weight excluding hydrogens is 434 g/mol. The Labute approximate surface area is 198 Å². The highest BCUT2D eigenvalue weighted by molar-refractivity contribution is 7.89. The number of rotatable bonds is 6. The Bertz CT molecular complexity index is 1020. The number of amides is 1. The topological polar surface area (TPSA) is 69.7 Å². The van der Waals surface area contributed by atoms with Crippen LogP contribution in [0.5, 0.6) is 0 Å². The van der Waals surface area contributed by atoms with Crippen molar-refractivity contribution in [3.63, 3.8) is 0 Å². The van der Waals surface area contributed by atoms with E-state index < -0.39 is 10.0 Å². The number of hydrogen-bond acceptors (Lipinski definition) is 4. The van der Waals surface area contributed by atoms with Gasteiger partial charge in [0.15, 0.2) is 0 Å². The van der Waals surface area contributed by atoms with Gasteiger partial charge in [0, 0.05) is 44.3 Å². The molecule has 2 fully saturated rings. The van der Waals surface area contributed by atoms with E-state index in [2.05, 4.69) is 10.2 Å². The SMILES string of the molecule is Cc1ccc(S(=O)(=O)N2CCN(Cc3ccc(C(=O)NC4CCCCCC4)cc3)CC2)cc1. The van der Waals surface area contributed by atoms with Crippen LogP contribution in [0.15, 0.2) is 53.4 Å². The molecule has 2 aromatic rings. The largest absolute Gasteiger partial charge is 0.349 e. The van der Waals surface area contributed by atoms with Gasteiger partial charge in [0.1, 0.15) is 0 Å². The summed E-state index contributed by atoms with van der Waals surface area (Å²) in [6, 6.07) is 15.2. The molecule has 2 aliphatic rings. The van der Waals surface area contributed by atoms with Gasteiger partial charge < -0.3 is 5.32 Å². The molecule has 2 aromatic carbocycles. The van der Waals surface area contributed by atoms with E-state index in [1.807, 2.05) is 43.3 Å². The minimum absolute atomic E-state index is 0.0170. The Morgan fingerprint density at radius 3 is 2.09 bits per heavy atom. The van der Waals surface area contributed by atoms with Crippen LogP contribution >= 0.6 is 0 Å². The second kappa shape index (κ2) is 10.8. The molecule has 0 atom stereocenters. The van der Waals surface area contributed by atoms with Crippen LogP contribution in [0.2, 0.25) is 0 Å². The molecule has 1 N–H and O–H groups in total. The van der Waals surface area contributed by atoms with Crippen LogP contribution in [-0.4, -0.2) is 55.8 Å². The van der Waals surface area contributed by atoms with Crippen molar-refractivity contribution in [3.8, 4) is 0 Å². The molecule has 6 nitrogen and oxygen atoms in total. The molecule has 0 spiro atoms. The Morgan fingerprint density at radius 1 is 0.879 bits per heavy atom. The summed E-state index contributed by atoms with van der Waals surface area (Å²) < 4.78 is 27.4. The predicted molar refractivity (Wildman–Crippen MR) is 131 cm³/mol. The fraction of sp³-hybridized carbons (Fsp3) is 0.500. The van der Waals surface area contributed by atoms with E-state index in [-0.39, 0.29) is 5.91 Å². The third-order valence-electron chi connectivity index (χ3n) is 6.80. The Balaban J connectivity index is 1.28. The summed E-state index contributed by atoms with van der Waals surface area (Å²) in [5.74, 6) is 0.0170. The first-order valence-corrected chi connectivity index (χ1v) is 13.5. The number of sulfonamides is 1. The Morgan fingerprint density at radius 2 is 1.48 bits per heavy atom. The second-order valence-corrected chi connectivity index (χ2v) is 11.3. The maximum absolute atomic E-state index is 12.9. The van der Waals surface area contributed by atoms with Gasteiger partial charge in [0.2, 0.25) is 10.0 Å². The highest BCUT2D eigenvalue weighted by Crippen LogP contribution is 2.20. The predicted octanol–water partition coefficient (Wildman–Crippen LogP) is 3.95. The number of nitrogens with zero attached hydrogens (tertiary/aromatic N) is 2. The van der Waals surface area contributed by atoms with Crippen LogP contribution in [0, 0.1) is 6.92 Å². The smallest absolute Gasteiger partial charge is 0.251 e. The molecule has 7 heteroatoms. The number of aryl methyl sites for hydroxylation is 1. The molecular formula is C26H35N3O3S. The quantitative estimate of drug-likeness (QED) is 0.651. The first kappa shape index (κ1) is 23.9. The van der Waals surface area contributed by atoms with Crippen LogP contribution in [0.1, 0.15) is 60.0 Å². The molecule has 33 heavy (non-hydrogen) atoms. The number of carbonyl (C=O) groups is 1. The average molecular weight is 470 g/mol. The van der Waals surface area contributed by atoms with Crippen molar-refractivity contribution in [2.75, 3.05) is 26.2 Å². The maximum atomic E-state index is 12.9. The van der Waals surface area contributed by atoms with Gasteiger partial charge >= 0.3 is 0 Å². The molecule has 0 radical (unpaired) electrons. The highest BCUT2D eigenvalue weighted by atomic mass is 32.2. The van der Waals surface area contributed by atoms with Gasteiger partial charge in [-0.05, 0) is 49.6 Å². The summed E-state index contributed by atoms with van der Waals surface area (Å²) in [4.78, 5) is 15.2. The van der Waals surface area contributed by atoms with Crippen LogP contribution < -0.4 is 5.32 Å². The van der Waals surface area contributed by atoms with Crippen molar-refractivity contribution in [1.82, 2.24) is 14.5 Å². The molecule has 0 unspecified atom stereocenters. The van der Waals surface area contributed by atoms with Crippen LogP contribution in [0.3, 0.4) is 0 Å². The van der Waals surface area contributed by atoms with Crippen molar-refractivity contribution in [2.24, 2.45) is 0 Å². The fourth-order valence-electron chi connectivity index (χ4n) is 4.70. The zero-order valence-corrected chi connectivity index (χ0v) is 20.3. The van der Waals surface area contributed by atoms with Gasteiger partial charge in [-0.1, -0.05) is 55.5 Å². The van der Waals surface area contributed by atoms with E-state index in [0.717, 1.165) is 30.5 Å². The molecule has 1 saturated carbocycles. The lowest BCUT2D eigenvalue weighted by molar-refractivity contribution is 0.0933. The summed E-state index contributed by atoms with van der Waals surface area (Å²) in [5, 5.41) is 3.20. The summed E-state index contributed by atoms with van der Waals surface area (Å²) in [7, 11) is -3.44. The van der Waals surface area contributed by atoms with Crippen molar-refractivity contribution in [2.45, 2.75) is 62.9 Å². The van der Waals surface area contributed by atoms with Gasteiger partial charge in [0.25, 0.3) is 5.91 Å². The zero-order chi connectivity index (χ0) is 23.3. The summed E-state index contributed by atoms with van der Waals surface area (Å²) in [6.07, 6.45) is 7.10. The first-order valence-electron chi connectivity index (χ1n) is 12.1. The molecule has 1 saturated heterocycles. The number of piperazine rings is 1. The molecule has 1 amide bonds. The van der Waals surface area contributed by atoms with E-state index in [9.17, 15) is 13.2 Å². The van der Waals surface area contributed by atoms with Gasteiger partial charge in [0.05, 0.1) is 4.90 Å². The summed E-state index contributed by atoms with van der Waals surface area (Å²) in [5.41, 5.74) is 2.89. The monoisotopic (exact) mass is 469 g/mol. The molecule has 4 rings (SSSR count). The normalized spacial score (nSPS) is 19.2. The average Bonchev–Trinajstić information content (AvgIpc) is 3.09. The van der Waals surface area contributed by atoms with Crippen molar-refractivity contribution in [1.29, 1.82) is 0 Å². The van der Waals surface area contributed by atoms with E-state index in [0.29, 0.717) is 42.7 Å². The molecule has 0 bridgehead atoms. The number of benzene rings is 2. The van der Waals surface area contributed by atoms with Crippen molar-refractivity contribution >= 4 is 15.9 Å².